The number of carbonyl (C=O) groups is 1. The van der Waals surface area contributed by atoms with Crippen LogP contribution in [0.3, 0.4) is 0 Å². The van der Waals surface area contributed by atoms with Crippen LogP contribution in [0, 0.1) is 5.92 Å². The van der Waals surface area contributed by atoms with Gasteiger partial charge in [-0.3, -0.25) is 14.4 Å². The van der Waals surface area contributed by atoms with E-state index in [1.807, 2.05) is 5.38 Å². The summed E-state index contributed by atoms with van der Waals surface area (Å²) in [7, 11) is -0.0994. The monoisotopic (exact) mass is 510 g/mol. The topological polar surface area (TPSA) is 101 Å². The summed E-state index contributed by atoms with van der Waals surface area (Å²) in [5, 5.41) is 3.00. The van der Waals surface area contributed by atoms with Crippen molar-refractivity contribution in [3.8, 4) is 5.75 Å². The van der Waals surface area contributed by atoms with Crippen molar-refractivity contribution >= 4 is 33.0 Å². The van der Waals surface area contributed by atoms with Crippen LogP contribution in [0.2, 0.25) is 0 Å². The van der Waals surface area contributed by atoms with E-state index < -0.39 is 10.0 Å². The van der Waals surface area contributed by atoms with Gasteiger partial charge in [-0.05, 0) is 38.0 Å². The number of hydrogen-bond donors (Lipinski definition) is 1. The fourth-order valence-corrected chi connectivity index (χ4v) is 5.16. The average Bonchev–Trinajstić information content (AvgIpc) is 3.32. The highest BCUT2D eigenvalue weighted by atomic mass is 32.2. The molecule has 9 nitrogen and oxygen atoms in total. The van der Waals surface area contributed by atoms with Gasteiger partial charge in [0.1, 0.15) is 17.4 Å². The summed E-state index contributed by atoms with van der Waals surface area (Å²) in [6, 6.07) is 4.84. The van der Waals surface area contributed by atoms with E-state index in [-0.39, 0.29) is 29.7 Å². The molecule has 11 heteroatoms. The minimum atomic E-state index is -3.48. The summed E-state index contributed by atoms with van der Waals surface area (Å²) >= 11 is 1.62. The highest BCUT2D eigenvalue weighted by Gasteiger charge is 2.29. The molecule has 3 atom stereocenters. The first-order valence-corrected chi connectivity index (χ1v) is 13.8. The van der Waals surface area contributed by atoms with E-state index in [1.54, 1.807) is 55.6 Å². The Morgan fingerprint density at radius 1 is 1.29 bits per heavy atom. The minimum absolute atomic E-state index is 0.0437. The van der Waals surface area contributed by atoms with Crippen molar-refractivity contribution in [1.29, 1.82) is 0 Å². The van der Waals surface area contributed by atoms with Crippen LogP contribution in [0.25, 0.3) is 0 Å². The molecule has 34 heavy (non-hydrogen) atoms. The largest absolute Gasteiger partial charge is 0.491 e. The van der Waals surface area contributed by atoms with Gasteiger partial charge in [0.2, 0.25) is 10.0 Å². The summed E-state index contributed by atoms with van der Waals surface area (Å²) in [4.78, 5) is 21.7. The van der Waals surface area contributed by atoms with Crippen LogP contribution < -0.4 is 9.46 Å². The fraction of sp³-hybridized carbons (Fsp3) is 0.565. The molecule has 0 fully saturated rings. The van der Waals surface area contributed by atoms with Gasteiger partial charge in [-0.1, -0.05) is 6.92 Å². The first kappa shape index (κ1) is 26.4. The van der Waals surface area contributed by atoms with Crippen molar-refractivity contribution in [2.75, 3.05) is 44.3 Å². The van der Waals surface area contributed by atoms with Crippen molar-refractivity contribution in [3.63, 3.8) is 0 Å². The molecule has 2 aromatic rings. The molecule has 0 unspecified atom stereocenters. The lowest BCUT2D eigenvalue weighted by atomic mass is 10.0. The van der Waals surface area contributed by atoms with Gasteiger partial charge >= 0.3 is 0 Å². The van der Waals surface area contributed by atoms with E-state index in [1.165, 1.54) is 6.07 Å². The zero-order valence-corrected chi connectivity index (χ0v) is 22.0. The molecule has 0 aliphatic carbocycles. The van der Waals surface area contributed by atoms with Gasteiger partial charge < -0.3 is 14.4 Å². The average molecular weight is 511 g/mol. The number of thiazole rings is 1. The molecule has 188 valence electrons. The van der Waals surface area contributed by atoms with E-state index in [4.69, 9.17) is 9.47 Å². The predicted octanol–water partition coefficient (Wildman–Crippen LogP) is 2.91. The summed E-state index contributed by atoms with van der Waals surface area (Å²) in [6.45, 7) is 7.97. The minimum Gasteiger partial charge on any atom is -0.491 e. The number of aromatic nitrogens is 1. The molecule has 3 rings (SSSR count). The Balaban J connectivity index is 1.95. The zero-order valence-electron chi connectivity index (χ0n) is 20.4. The van der Waals surface area contributed by atoms with Crippen molar-refractivity contribution < 1.29 is 22.7 Å². The third-order valence-electron chi connectivity index (χ3n) is 6.05. The number of methoxy groups -OCH3 is 1. The maximum atomic E-state index is 13.4. The highest BCUT2D eigenvalue weighted by molar-refractivity contribution is 7.92. The first-order valence-electron chi connectivity index (χ1n) is 11.3. The predicted molar refractivity (Wildman–Crippen MR) is 134 cm³/mol. The maximum absolute atomic E-state index is 13.4. The number of ether oxygens (including phenoxy) is 2. The summed E-state index contributed by atoms with van der Waals surface area (Å²) < 4.78 is 38.5. The van der Waals surface area contributed by atoms with Gasteiger partial charge in [0, 0.05) is 50.6 Å². The van der Waals surface area contributed by atoms with E-state index in [9.17, 15) is 13.2 Å². The molecule has 0 spiro atoms. The second-order valence-electron chi connectivity index (χ2n) is 8.67. The van der Waals surface area contributed by atoms with E-state index in [0.717, 1.165) is 11.6 Å². The summed E-state index contributed by atoms with van der Waals surface area (Å²) in [5.41, 5.74) is 0.633. The lowest BCUT2D eigenvalue weighted by molar-refractivity contribution is 0.00921. The van der Waals surface area contributed by atoms with E-state index in [2.05, 4.69) is 28.5 Å². The van der Waals surface area contributed by atoms with Crippen LogP contribution in [0.4, 0.5) is 5.69 Å². The Hall–Kier alpha value is -2.21. The molecule has 1 aliphatic rings. The standard InChI is InChI=1S/C23H34N4O5S2/c1-6-34(29,30)25-18-7-8-20-19(11-18)23(28)26(4)13-21(31-5)16(2)12-27(17(3)15-32-20)14-22-24-9-10-33-22/h7-11,16-17,21,25H,6,12-15H2,1-5H3/t16-,17+,21+/m0/s1. The van der Waals surface area contributed by atoms with Crippen LogP contribution in [-0.2, 0) is 21.3 Å². The number of fused-ring (bicyclic) bond motifs is 1. The second kappa shape index (κ2) is 11.5. The number of carbonyl (C=O) groups excluding carboxylic acids is 1. The Labute approximate surface area is 206 Å². The fourth-order valence-electron chi connectivity index (χ4n) is 3.89. The molecule has 0 radical (unpaired) electrons. The molecule has 1 N–H and O–H groups in total. The molecular weight excluding hydrogens is 476 g/mol. The van der Waals surface area contributed by atoms with Crippen molar-refractivity contribution in [2.45, 2.75) is 39.5 Å². The molecule has 1 aliphatic heterocycles. The van der Waals surface area contributed by atoms with Crippen molar-refractivity contribution in [2.24, 2.45) is 5.92 Å². The van der Waals surface area contributed by atoms with Crippen molar-refractivity contribution in [1.82, 2.24) is 14.8 Å². The number of nitrogens with zero attached hydrogens (tertiary/aromatic N) is 3. The number of sulfonamides is 1. The van der Waals surface area contributed by atoms with Gasteiger partial charge in [-0.2, -0.15) is 0 Å². The van der Waals surface area contributed by atoms with Crippen LogP contribution >= 0.6 is 11.3 Å². The van der Waals surface area contributed by atoms with Gasteiger partial charge in [-0.25, -0.2) is 13.4 Å². The van der Waals surface area contributed by atoms with Crippen LogP contribution in [0.1, 0.15) is 36.1 Å². The second-order valence-corrected chi connectivity index (χ2v) is 11.7. The SMILES string of the molecule is CCS(=O)(=O)Nc1ccc2c(c1)C(=O)N(C)C[C@@H](OC)[C@@H](C)CN(Cc1nccs1)[C@H](C)CO2. The third kappa shape index (κ3) is 6.68. The lowest BCUT2D eigenvalue weighted by Crippen LogP contribution is -2.46. The van der Waals surface area contributed by atoms with Crippen LogP contribution in [0.15, 0.2) is 29.8 Å². The number of hydrogen-bond acceptors (Lipinski definition) is 8. The Bertz CT molecular complexity index is 1060. The van der Waals surface area contributed by atoms with Crippen molar-refractivity contribution in [3.05, 3.63) is 40.3 Å². The quantitative estimate of drug-likeness (QED) is 0.638. The Morgan fingerprint density at radius 2 is 2.06 bits per heavy atom. The molecular formula is C23H34N4O5S2. The molecule has 2 heterocycles. The van der Waals surface area contributed by atoms with E-state index in [0.29, 0.717) is 36.7 Å². The number of rotatable bonds is 6. The highest BCUT2D eigenvalue weighted by Crippen LogP contribution is 2.27. The Morgan fingerprint density at radius 3 is 2.71 bits per heavy atom. The molecule has 0 saturated carbocycles. The Kier molecular flexibility index (Phi) is 8.91. The smallest absolute Gasteiger partial charge is 0.257 e. The van der Waals surface area contributed by atoms with Crippen LogP contribution in [0.5, 0.6) is 5.75 Å². The van der Waals surface area contributed by atoms with Crippen LogP contribution in [-0.4, -0.2) is 80.9 Å². The number of amides is 1. The van der Waals surface area contributed by atoms with Gasteiger partial charge in [0.15, 0.2) is 0 Å². The maximum Gasteiger partial charge on any atom is 0.257 e. The first-order chi connectivity index (χ1) is 16.1. The summed E-state index contributed by atoms with van der Waals surface area (Å²) in [6.07, 6.45) is 1.63. The molecule has 1 amide bonds. The molecule has 0 saturated heterocycles. The normalized spacial score (nSPS) is 22.9. The number of benzene rings is 1. The lowest BCUT2D eigenvalue weighted by Gasteiger charge is -2.35. The molecule has 1 aromatic heterocycles. The third-order valence-corrected chi connectivity index (χ3v) is 8.12. The van der Waals surface area contributed by atoms with Gasteiger partial charge in [-0.15, -0.1) is 11.3 Å². The molecule has 0 bridgehead atoms. The van der Waals surface area contributed by atoms with Gasteiger partial charge in [0.05, 0.1) is 24.0 Å². The van der Waals surface area contributed by atoms with E-state index >= 15 is 0 Å². The van der Waals surface area contributed by atoms with Gasteiger partial charge in [0.25, 0.3) is 5.91 Å². The zero-order chi connectivity index (χ0) is 24.9. The summed E-state index contributed by atoms with van der Waals surface area (Å²) in [5.74, 6) is 0.243. The number of anilines is 1. The number of nitrogens with one attached hydrogen (secondary N) is 1. The molecule has 1 aromatic carbocycles. The number of likely N-dealkylation sites (N-methyl/N-ethyl adjacent to an activating group) is 1.